The first-order valence-electron chi connectivity index (χ1n) is 7.93. The first-order valence-corrected chi connectivity index (χ1v) is 8.31. The molecule has 1 aliphatic heterocycles. The number of benzene rings is 2. The molecule has 0 aliphatic carbocycles. The quantitative estimate of drug-likeness (QED) is 0.851. The van der Waals surface area contributed by atoms with E-state index in [9.17, 15) is 14.4 Å². The van der Waals surface area contributed by atoms with Gasteiger partial charge in [-0.25, -0.2) is 0 Å². The summed E-state index contributed by atoms with van der Waals surface area (Å²) < 4.78 is 0. The molecule has 1 N–H and O–H groups in total. The van der Waals surface area contributed by atoms with Crippen LogP contribution in [0.5, 0.6) is 0 Å². The van der Waals surface area contributed by atoms with Gasteiger partial charge in [0.05, 0.1) is 11.1 Å². The molecule has 25 heavy (non-hydrogen) atoms. The summed E-state index contributed by atoms with van der Waals surface area (Å²) in [4.78, 5) is 39.2. The van der Waals surface area contributed by atoms with Gasteiger partial charge in [0.1, 0.15) is 6.04 Å². The minimum Gasteiger partial charge on any atom is -0.324 e. The molecule has 3 rings (SSSR count). The van der Waals surface area contributed by atoms with E-state index in [1.807, 2.05) is 0 Å². The van der Waals surface area contributed by atoms with Crippen LogP contribution < -0.4 is 5.32 Å². The van der Waals surface area contributed by atoms with Gasteiger partial charge >= 0.3 is 0 Å². The Balaban J connectivity index is 1.89. The van der Waals surface area contributed by atoms with E-state index in [0.717, 1.165) is 4.90 Å². The van der Waals surface area contributed by atoms with E-state index in [1.54, 1.807) is 62.4 Å². The predicted octanol–water partition coefficient (Wildman–Crippen LogP) is 3.60. The number of fused-ring (bicyclic) bond motifs is 1. The van der Waals surface area contributed by atoms with Crippen molar-refractivity contribution >= 4 is 35.0 Å². The standard InChI is InChI=1S/C19H17ClN2O3/c1-11(2)16(17(23)21-13-9-7-12(20)8-10-13)22-18(24)14-5-3-4-6-15(14)19(22)25/h3-11,16H,1-2H3,(H,21,23)/t16-/m1/s1. The average molecular weight is 357 g/mol. The Morgan fingerprint density at radius 1 is 0.960 bits per heavy atom. The Labute approximate surface area is 150 Å². The molecule has 2 aromatic carbocycles. The van der Waals surface area contributed by atoms with Crippen molar-refractivity contribution in [1.29, 1.82) is 0 Å². The third kappa shape index (κ3) is 3.15. The monoisotopic (exact) mass is 356 g/mol. The number of rotatable bonds is 4. The van der Waals surface area contributed by atoms with Crippen LogP contribution in [0.15, 0.2) is 48.5 Å². The van der Waals surface area contributed by atoms with E-state index >= 15 is 0 Å². The molecule has 2 aromatic rings. The van der Waals surface area contributed by atoms with Gasteiger partial charge in [-0.3, -0.25) is 19.3 Å². The number of carbonyl (C=O) groups is 3. The van der Waals surface area contributed by atoms with Crippen molar-refractivity contribution in [2.75, 3.05) is 5.32 Å². The van der Waals surface area contributed by atoms with Gasteiger partial charge in [0.2, 0.25) is 5.91 Å². The minimum atomic E-state index is -0.900. The molecule has 0 saturated heterocycles. The normalized spacial score (nSPS) is 14.6. The number of carbonyl (C=O) groups excluding carboxylic acids is 3. The molecule has 0 spiro atoms. The summed E-state index contributed by atoms with van der Waals surface area (Å²) in [6, 6.07) is 12.3. The molecule has 0 bridgehead atoms. The van der Waals surface area contributed by atoms with Crippen molar-refractivity contribution in [1.82, 2.24) is 4.90 Å². The molecule has 0 unspecified atom stereocenters. The first-order chi connectivity index (χ1) is 11.9. The van der Waals surface area contributed by atoms with Gasteiger partial charge in [-0.05, 0) is 42.3 Å². The summed E-state index contributed by atoms with van der Waals surface area (Å²) >= 11 is 5.84. The third-order valence-corrected chi connectivity index (χ3v) is 4.37. The number of hydrogen-bond acceptors (Lipinski definition) is 3. The minimum absolute atomic E-state index is 0.241. The van der Waals surface area contributed by atoms with E-state index in [2.05, 4.69) is 5.32 Å². The van der Waals surface area contributed by atoms with E-state index in [-0.39, 0.29) is 5.92 Å². The fourth-order valence-electron chi connectivity index (χ4n) is 2.93. The fourth-order valence-corrected chi connectivity index (χ4v) is 3.05. The Morgan fingerprint density at radius 2 is 1.48 bits per heavy atom. The molecule has 1 heterocycles. The summed E-state index contributed by atoms with van der Waals surface area (Å²) in [5.41, 5.74) is 1.21. The average Bonchev–Trinajstić information content (AvgIpc) is 2.83. The summed E-state index contributed by atoms with van der Waals surface area (Å²) in [6.45, 7) is 3.60. The van der Waals surface area contributed by atoms with Gasteiger partial charge < -0.3 is 5.32 Å². The summed E-state index contributed by atoms with van der Waals surface area (Å²) in [6.07, 6.45) is 0. The number of amides is 3. The van der Waals surface area contributed by atoms with Crippen molar-refractivity contribution in [3.8, 4) is 0 Å². The Bertz CT molecular complexity index is 811. The van der Waals surface area contributed by atoms with Gasteiger partial charge in [-0.2, -0.15) is 0 Å². The molecule has 3 amide bonds. The van der Waals surface area contributed by atoms with Gasteiger partial charge in [-0.1, -0.05) is 37.6 Å². The predicted molar refractivity (Wildman–Crippen MR) is 95.6 cm³/mol. The lowest BCUT2D eigenvalue weighted by Crippen LogP contribution is -2.50. The van der Waals surface area contributed by atoms with E-state index < -0.39 is 23.8 Å². The van der Waals surface area contributed by atoms with Gasteiger partial charge in [-0.15, -0.1) is 0 Å². The molecule has 0 saturated carbocycles. The number of hydrogen-bond donors (Lipinski definition) is 1. The van der Waals surface area contributed by atoms with Crippen LogP contribution >= 0.6 is 11.6 Å². The Morgan fingerprint density at radius 3 is 1.96 bits per heavy atom. The molecular formula is C19H17ClN2O3. The second-order valence-corrected chi connectivity index (χ2v) is 6.65. The van der Waals surface area contributed by atoms with Crippen LogP contribution in [-0.4, -0.2) is 28.7 Å². The smallest absolute Gasteiger partial charge is 0.262 e. The lowest BCUT2D eigenvalue weighted by Gasteiger charge is -2.28. The summed E-state index contributed by atoms with van der Waals surface area (Å²) in [5, 5.41) is 3.31. The molecule has 1 aliphatic rings. The molecule has 128 valence electrons. The second-order valence-electron chi connectivity index (χ2n) is 6.21. The lowest BCUT2D eigenvalue weighted by molar-refractivity contribution is -0.121. The van der Waals surface area contributed by atoms with Crippen molar-refractivity contribution < 1.29 is 14.4 Å². The largest absolute Gasteiger partial charge is 0.324 e. The number of nitrogens with zero attached hydrogens (tertiary/aromatic N) is 1. The molecule has 5 nitrogen and oxygen atoms in total. The number of nitrogens with one attached hydrogen (secondary N) is 1. The van der Waals surface area contributed by atoms with E-state index in [4.69, 9.17) is 11.6 Å². The van der Waals surface area contributed by atoms with Gasteiger partial charge in [0, 0.05) is 10.7 Å². The zero-order valence-corrected chi connectivity index (χ0v) is 14.6. The number of imide groups is 1. The van der Waals surface area contributed by atoms with Crippen LogP contribution in [0, 0.1) is 5.92 Å². The maximum atomic E-state index is 12.8. The van der Waals surface area contributed by atoms with Crippen molar-refractivity contribution in [3.05, 3.63) is 64.7 Å². The van der Waals surface area contributed by atoms with Crippen molar-refractivity contribution in [2.45, 2.75) is 19.9 Å². The second kappa shape index (κ2) is 6.69. The van der Waals surface area contributed by atoms with Gasteiger partial charge in [0.25, 0.3) is 11.8 Å². The molecule has 6 heteroatoms. The zero-order valence-electron chi connectivity index (χ0n) is 13.8. The van der Waals surface area contributed by atoms with Crippen LogP contribution in [0.25, 0.3) is 0 Å². The number of anilines is 1. The van der Waals surface area contributed by atoms with Crippen LogP contribution in [0.3, 0.4) is 0 Å². The first kappa shape index (κ1) is 17.2. The number of halogens is 1. The molecular weight excluding hydrogens is 340 g/mol. The van der Waals surface area contributed by atoms with Crippen LogP contribution in [-0.2, 0) is 4.79 Å². The van der Waals surface area contributed by atoms with Gasteiger partial charge in [0.15, 0.2) is 0 Å². The maximum absolute atomic E-state index is 12.8. The van der Waals surface area contributed by atoms with E-state index in [0.29, 0.717) is 21.8 Å². The highest BCUT2D eigenvalue weighted by Gasteiger charge is 2.43. The van der Waals surface area contributed by atoms with Crippen LogP contribution in [0.2, 0.25) is 5.02 Å². The summed E-state index contributed by atoms with van der Waals surface area (Å²) in [7, 11) is 0. The zero-order chi connectivity index (χ0) is 18.1. The Hall–Kier alpha value is -2.66. The van der Waals surface area contributed by atoms with E-state index in [1.165, 1.54) is 0 Å². The highest BCUT2D eigenvalue weighted by atomic mass is 35.5. The maximum Gasteiger partial charge on any atom is 0.262 e. The van der Waals surface area contributed by atoms with Crippen LogP contribution in [0.1, 0.15) is 34.6 Å². The van der Waals surface area contributed by atoms with Crippen LogP contribution in [0.4, 0.5) is 5.69 Å². The molecule has 0 fully saturated rings. The lowest BCUT2D eigenvalue weighted by atomic mass is 10.0. The molecule has 0 aromatic heterocycles. The van der Waals surface area contributed by atoms with Crippen molar-refractivity contribution in [2.24, 2.45) is 5.92 Å². The summed E-state index contributed by atoms with van der Waals surface area (Å²) in [5.74, 6) is -1.53. The SMILES string of the molecule is CC(C)[C@H](C(=O)Nc1ccc(Cl)cc1)N1C(=O)c2ccccc2C1=O. The fraction of sp³-hybridized carbons (Fsp3) is 0.211. The third-order valence-electron chi connectivity index (χ3n) is 4.12. The Kier molecular flexibility index (Phi) is 4.59. The highest BCUT2D eigenvalue weighted by Crippen LogP contribution is 2.28. The van der Waals surface area contributed by atoms with Crippen molar-refractivity contribution in [3.63, 3.8) is 0 Å². The molecule has 1 atom stereocenters. The topological polar surface area (TPSA) is 66.5 Å². The highest BCUT2D eigenvalue weighted by molar-refractivity contribution is 6.30. The molecule has 0 radical (unpaired) electrons.